The molecule has 0 aromatic heterocycles. The van der Waals surface area contributed by atoms with Crippen LogP contribution in [0.3, 0.4) is 0 Å². The zero-order valence-corrected chi connectivity index (χ0v) is 7.31. The SMILES string of the molecule is CC(C)C(C)C1C2=CC21C. The Labute approximate surface area is 63.3 Å². The monoisotopic (exact) mass is 136 g/mol. The second-order valence-corrected chi connectivity index (χ2v) is 4.46. The maximum atomic E-state index is 2.41. The van der Waals surface area contributed by atoms with Crippen LogP contribution in [-0.4, -0.2) is 0 Å². The Balaban J connectivity index is 1.98. The number of hydrogen-bond acceptors (Lipinski definition) is 0. The van der Waals surface area contributed by atoms with E-state index in [-0.39, 0.29) is 0 Å². The third-order valence-corrected chi connectivity index (χ3v) is 3.47. The van der Waals surface area contributed by atoms with Crippen LogP contribution in [0.5, 0.6) is 0 Å². The van der Waals surface area contributed by atoms with Gasteiger partial charge in [-0.3, -0.25) is 0 Å². The lowest BCUT2D eigenvalue weighted by atomic mass is 9.87. The molecule has 2 rings (SSSR count). The first-order chi connectivity index (χ1) is 4.57. The molecular weight excluding hydrogens is 120 g/mol. The molecule has 0 saturated heterocycles. The topological polar surface area (TPSA) is 0 Å². The average Bonchev–Trinajstić information content (AvgIpc) is 2.55. The first-order valence-corrected chi connectivity index (χ1v) is 4.30. The van der Waals surface area contributed by atoms with Crippen molar-refractivity contribution >= 4 is 0 Å². The normalized spacial score (nSPS) is 44.5. The smallest absolute Gasteiger partial charge is 0.0137 e. The maximum Gasteiger partial charge on any atom is 0.0137 e. The zero-order chi connectivity index (χ0) is 7.52. The third kappa shape index (κ3) is 0.574. The van der Waals surface area contributed by atoms with E-state index >= 15 is 0 Å². The van der Waals surface area contributed by atoms with Crippen molar-refractivity contribution in [3.05, 3.63) is 11.6 Å². The van der Waals surface area contributed by atoms with E-state index < -0.39 is 0 Å². The fourth-order valence-electron chi connectivity index (χ4n) is 2.10. The third-order valence-electron chi connectivity index (χ3n) is 3.47. The molecule has 0 bridgehead atoms. The summed E-state index contributed by atoms with van der Waals surface area (Å²) in [7, 11) is 0. The summed E-state index contributed by atoms with van der Waals surface area (Å²) in [5, 5.41) is 0. The number of fused-ring (bicyclic) bond motifs is 1. The van der Waals surface area contributed by atoms with Crippen molar-refractivity contribution in [3.63, 3.8) is 0 Å². The molecule has 1 saturated carbocycles. The lowest BCUT2D eigenvalue weighted by Gasteiger charge is -2.17. The second-order valence-electron chi connectivity index (χ2n) is 4.46. The van der Waals surface area contributed by atoms with Crippen molar-refractivity contribution in [3.8, 4) is 0 Å². The minimum atomic E-state index is 0.629. The molecule has 2 aliphatic carbocycles. The molecule has 3 atom stereocenters. The molecule has 0 nitrogen and oxygen atoms in total. The standard InChI is InChI=1S/C10H16/c1-6(2)7(3)9-8-5-10(8,9)4/h5-7,9H,1-4H3. The van der Waals surface area contributed by atoms with Crippen LogP contribution in [-0.2, 0) is 0 Å². The van der Waals surface area contributed by atoms with Crippen LogP contribution < -0.4 is 0 Å². The van der Waals surface area contributed by atoms with Crippen LogP contribution in [0.4, 0.5) is 0 Å². The zero-order valence-electron chi connectivity index (χ0n) is 7.31. The maximum absolute atomic E-state index is 2.41. The first kappa shape index (κ1) is 6.45. The molecule has 0 aromatic carbocycles. The van der Waals surface area contributed by atoms with Crippen molar-refractivity contribution in [2.45, 2.75) is 27.7 Å². The van der Waals surface area contributed by atoms with E-state index in [1.807, 2.05) is 0 Å². The van der Waals surface area contributed by atoms with Crippen LogP contribution in [0.25, 0.3) is 0 Å². The fourth-order valence-corrected chi connectivity index (χ4v) is 2.10. The van der Waals surface area contributed by atoms with E-state index in [4.69, 9.17) is 0 Å². The highest BCUT2D eigenvalue weighted by Crippen LogP contribution is 2.75. The Kier molecular flexibility index (Phi) is 0.962. The Bertz CT molecular complexity index is 200. The van der Waals surface area contributed by atoms with Crippen LogP contribution in [0, 0.1) is 23.2 Å². The minimum absolute atomic E-state index is 0.629. The molecule has 3 unspecified atom stereocenters. The summed E-state index contributed by atoms with van der Waals surface area (Å²) in [6, 6.07) is 0. The molecule has 0 N–H and O–H groups in total. The van der Waals surface area contributed by atoms with Gasteiger partial charge in [0, 0.05) is 5.41 Å². The molecule has 0 aliphatic heterocycles. The average molecular weight is 136 g/mol. The van der Waals surface area contributed by atoms with Gasteiger partial charge in [-0.25, -0.2) is 0 Å². The lowest BCUT2D eigenvalue weighted by molar-refractivity contribution is 0.337. The molecule has 2 aliphatic rings. The molecule has 0 aromatic rings. The molecule has 10 heavy (non-hydrogen) atoms. The predicted octanol–water partition coefficient (Wildman–Crippen LogP) is 2.85. The summed E-state index contributed by atoms with van der Waals surface area (Å²) >= 11 is 0. The van der Waals surface area contributed by atoms with Crippen LogP contribution >= 0.6 is 0 Å². The first-order valence-electron chi connectivity index (χ1n) is 4.30. The summed E-state index contributed by atoms with van der Waals surface area (Å²) in [5.74, 6) is 2.73. The Hall–Kier alpha value is -0.260. The van der Waals surface area contributed by atoms with Gasteiger partial charge in [0.2, 0.25) is 0 Å². The highest BCUT2D eigenvalue weighted by molar-refractivity contribution is 5.59. The van der Waals surface area contributed by atoms with Gasteiger partial charge in [-0.2, -0.15) is 0 Å². The number of hydrogen-bond donors (Lipinski definition) is 0. The van der Waals surface area contributed by atoms with Gasteiger partial charge >= 0.3 is 0 Å². The van der Waals surface area contributed by atoms with Crippen LogP contribution in [0.15, 0.2) is 11.6 Å². The van der Waals surface area contributed by atoms with E-state index in [0.717, 1.165) is 17.8 Å². The van der Waals surface area contributed by atoms with Gasteiger partial charge < -0.3 is 0 Å². The Morgan fingerprint density at radius 3 is 2.00 bits per heavy atom. The summed E-state index contributed by atoms with van der Waals surface area (Å²) in [6.45, 7) is 9.40. The van der Waals surface area contributed by atoms with Gasteiger partial charge in [-0.15, -0.1) is 0 Å². The predicted molar refractivity (Wildman–Crippen MR) is 43.7 cm³/mol. The van der Waals surface area contributed by atoms with Gasteiger partial charge in [-0.1, -0.05) is 39.3 Å². The fraction of sp³-hybridized carbons (Fsp3) is 0.800. The summed E-state index contributed by atoms with van der Waals surface area (Å²) in [4.78, 5) is 0. The van der Waals surface area contributed by atoms with Crippen LogP contribution in [0.2, 0.25) is 0 Å². The van der Waals surface area contributed by atoms with Gasteiger partial charge in [0.15, 0.2) is 0 Å². The number of allylic oxidation sites excluding steroid dienone is 2. The summed E-state index contributed by atoms with van der Waals surface area (Å²) in [6.07, 6.45) is 2.41. The number of rotatable bonds is 2. The molecule has 0 heterocycles. The summed E-state index contributed by atoms with van der Waals surface area (Å²) in [5.41, 5.74) is 2.37. The van der Waals surface area contributed by atoms with Gasteiger partial charge in [-0.05, 0) is 17.8 Å². The summed E-state index contributed by atoms with van der Waals surface area (Å²) < 4.78 is 0. The molecule has 56 valence electrons. The molecule has 1 fully saturated rings. The lowest BCUT2D eigenvalue weighted by Crippen LogP contribution is -2.11. The van der Waals surface area contributed by atoms with Crippen molar-refractivity contribution in [1.29, 1.82) is 0 Å². The van der Waals surface area contributed by atoms with Crippen molar-refractivity contribution < 1.29 is 0 Å². The molecule has 0 heteroatoms. The van der Waals surface area contributed by atoms with E-state index in [0.29, 0.717) is 5.41 Å². The quantitative estimate of drug-likeness (QED) is 0.512. The highest BCUT2D eigenvalue weighted by Gasteiger charge is 2.67. The highest BCUT2D eigenvalue weighted by atomic mass is 14.7. The van der Waals surface area contributed by atoms with Gasteiger partial charge in [0.25, 0.3) is 0 Å². The van der Waals surface area contributed by atoms with Crippen molar-refractivity contribution in [1.82, 2.24) is 0 Å². The van der Waals surface area contributed by atoms with Crippen molar-refractivity contribution in [2.24, 2.45) is 23.2 Å². The molecule has 0 amide bonds. The molecule has 0 radical (unpaired) electrons. The molecule has 0 spiro atoms. The Morgan fingerprint density at radius 1 is 1.40 bits per heavy atom. The van der Waals surface area contributed by atoms with E-state index in [1.165, 1.54) is 0 Å². The van der Waals surface area contributed by atoms with E-state index in [2.05, 4.69) is 33.8 Å². The van der Waals surface area contributed by atoms with E-state index in [1.54, 1.807) is 5.57 Å². The van der Waals surface area contributed by atoms with Gasteiger partial charge in [0.1, 0.15) is 0 Å². The van der Waals surface area contributed by atoms with E-state index in [9.17, 15) is 0 Å². The molecular formula is C10H16. The van der Waals surface area contributed by atoms with Crippen LogP contribution in [0.1, 0.15) is 27.7 Å². The Morgan fingerprint density at radius 2 is 1.90 bits per heavy atom. The van der Waals surface area contributed by atoms with Crippen molar-refractivity contribution in [2.75, 3.05) is 0 Å². The second kappa shape index (κ2) is 1.49. The largest absolute Gasteiger partial charge is 0.0735 e. The minimum Gasteiger partial charge on any atom is -0.0735 e. The van der Waals surface area contributed by atoms with Gasteiger partial charge in [0.05, 0.1) is 0 Å².